The molecule has 0 bridgehead atoms. The average Bonchev–Trinajstić information content (AvgIpc) is 3.16. The second-order valence-electron chi connectivity index (χ2n) is 6.26. The monoisotopic (exact) mass is 272 g/mol. The molecule has 0 saturated carbocycles. The number of epoxide rings is 1. The van der Waals surface area contributed by atoms with Crippen molar-refractivity contribution in [2.24, 2.45) is 5.92 Å². The number of benzene rings is 1. The van der Waals surface area contributed by atoms with Crippen molar-refractivity contribution in [2.45, 2.75) is 37.6 Å². The van der Waals surface area contributed by atoms with Gasteiger partial charge in [0.1, 0.15) is 0 Å². The van der Waals surface area contributed by atoms with E-state index in [9.17, 15) is 9.59 Å². The summed E-state index contributed by atoms with van der Waals surface area (Å²) in [5.41, 5.74) is -1.05. The molecular formula is C16H16O4. The highest BCUT2D eigenvalue weighted by Gasteiger charge is 2.82. The van der Waals surface area contributed by atoms with Crippen LogP contribution in [-0.2, 0) is 9.47 Å². The summed E-state index contributed by atoms with van der Waals surface area (Å²) in [6.45, 7) is 4.30. The number of Topliss-reactive ketones (excluding diaryl/α,β-unsaturated/α-hetero) is 2. The predicted octanol–water partition coefficient (Wildman–Crippen LogP) is 2.02. The minimum atomic E-state index is -1.05. The molecule has 2 heterocycles. The Hall–Kier alpha value is -1.52. The quantitative estimate of drug-likeness (QED) is 0.734. The molecule has 1 aromatic rings. The van der Waals surface area contributed by atoms with Crippen LogP contribution in [0.4, 0.5) is 0 Å². The smallest absolute Gasteiger partial charge is 0.201 e. The molecule has 4 nitrogen and oxygen atoms in total. The van der Waals surface area contributed by atoms with Gasteiger partial charge in [0.15, 0.2) is 17.0 Å². The summed E-state index contributed by atoms with van der Waals surface area (Å²) in [4.78, 5) is 25.5. The van der Waals surface area contributed by atoms with E-state index in [1.165, 1.54) is 0 Å². The van der Waals surface area contributed by atoms with Gasteiger partial charge < -0.3 is 9.47 Å². The first-order valence-corrected chi connectivity index (χ1v) is 7.02. The molecule has 2 saturated heterocycles. The SMILES string of the molecule is CC(C)C1C[C@@]23O[C@]2(CO1)C(=O)c1ccccc1C3=O. The van der Waals surface area contributed by atoms with E-state index in [1.807, 2.05) is 0 Å². The summed E-state index contributed by atoms with van der Waals surface area (Å²) in [6, 6.07) is 6.98. The van der Waals surface area contributed by atoms with Crippen molar-refractivity contribution in [3.8, 4) is 0 Å². The molecule has 0 radical (unpaired) electrons. The first kappa shape index (κ1) is 12.2. The van der Waals surface area contributed by atoms with Crippen LogP contribution >= 0.6 is 0 Å². The lowest BCUT2D eigenvalue weighted by molar-refractivity contribution is -0.0249. The Morgan fingerprint density at radius 1 is 1.10 bits per heavy atom. The van der Waals surface area contributed by atoms with Crippen molar-refractivity contribution in [1.82, 2.24) is 0 Å². The van der Waals surface area contributed by atoms with Gasteiger partial charge in [0.2, 0.25) is 5.78 Å². The zero-order valence-corrected chi connectivity index (χ0v) is 11.5. The number of hydrogen-bond donors (Lipinski definition) is 0. The van der Waals surface area contributed by atoms with E-state index in [1.54, 1.807) is 24.3 Å². The van der Waals surface area contributed by atoms with Crippen LogP contribution < -0.4 is 0 Å². The van der Waals surface area contributed by atoms with E-state index >= 15 is 0 Å². The Labute approximate surface area is 117 Å². The molecule has 4 rings (SSSR count). The Kier molecular flexibility index (Phi) is 2.18. The molecule has 1 aromatic carbocycles. The molecule has 3 atom stereocenters. The standard InChI is InChI=1S/C16H16O4/c1-9(2)12-7-15-13(17)10-5-3-4-6-11(10)14(18)16(15,20-15)8-19-12/h3-6,9,12H,7-8H2,1-2H3/t12?,15-,16+/m0/s1. The number of rotatable bonds is 1. The third-order valence-corrected chi connectivity index (χ3v) is 4.84. The van der Waals surface area contributed by atoms with Gasteiger partial charge in [-0.1, -0.05) is 38.1 Å². The normalized spacial score (nSPS) is 38.2. The van der Waals surface area contributed by atoms with Crippen molar-refractivity contribution in [3.05, 3.63) is 35.4 Å². The predicted molar refractivity (Wildman–Crippen MR) is 70.8 cm³/mol. The van der Waals surface area contributed by atoms with Gasteiger partial charge in [-0.15, -0.1) is 0 Å². The highest BCUT2D eigenvalue weighted by molar-refractivity contribution is 6.25. The zero-order chi connectivity index (χ0) is 14.1. The van der Waals surface area contributed by atoms with Crippen LogP contribution in [0.2, 0.25) is 0 Å². The summed E-state index contributed by atoms with van der Waals surface area (Å²) in [5.74, 6) is 0.142. The molecule has 0 aromatic heterocycles. The highest BCUT2D eigenvalue weighted by Crippen LogP contribution is 2.60. The molecule has 3 aliphatic rings. The van der Waals surface area contributed by atoms with E-state index < -0.39 is 11.2 Å². The maximum atomic E-state index is 12.8. The number of carbonyl (C=O) groups excluding carboxylic acids is 2. The molecule has 20 heavy (non-hydrogen) atoms. The van der Waals surface area contributed by atoms with Crippen molar-refractivity contribution in [3.63, 3.8) is 0 Å². The fourth-order valence-corrected chi connectivity index (χ4v) is 3.55. The minimum absolute atomic E-state index is 0.0346. The molecule has 0 N–H and O–H groups in total. The second-order valence-corrected chi connectivity index (χ2v) is 6.26. The topological polar surface area (TPSA) is 55.9 Å². The number of carbonyl (C=O) groups is 2. The summed E-state index contributed by atoms with van der Waals surface area (Å²) >= 11 is 0. The average molecular weight is 272 g/mol. The molecule has 2 aliphatic heterocycles. The molecule has 4 heteroatoms. The van der Waals surface area contributed by atoms with Crippen LogP contribution in [0, 0.1) is 5.92 Å². The number of ketones is 2. The molecule has 0 spiro atoms. The molecule has 1 aliphatic carbocycles. The third-order valence-electron chi connectivity index (χ3n) is 4.84. The summed E-state index contributed by atoms with van der Waals surface area (Å²) in [6.07, 6.45) is 0.441. The van der Waals surface area contributed by atoms with E-state index in [-0.39, 0.29) is 24.3 Å². The lowest BCUT2D eigenvalue weighted by Gasteiger charge is -2.34. The first-order chi connectivity index (χ1) is 9.52. The van der Waals surface area contributed by atoms with Gasteiger partial charge in [-0.3, -0.25) is 9.59 Å². The van der Waals surface area contributed by atoms with Crippen LogP contribution in [-0.4, -0.2) is 35.5 Å². The maximum Gasteiger partial charge on any atom is 0.201 e. The van der Waals surface area contributed by atoms with Crippen LogP contribution in [0.3, 0.4) is 0 Å². The van der Waals surface area contributed by atoms with Crippen LogP contribution in [0.1, 0.15) is 41.0 Å². The summed E-state index contributed by atoms with van der Waals surface area (Å²) < 4.78 is 11.6. The van der Waals surface area contributed by atoms with Gasteiger partial charge in [-0.2, -0.15) is 0 Å². The second kappa shape index (κ2) is 3.57. The zero-order valence-electron chi connectivity index (χ0n) is 11.5. The van der Waals surface area contributed by atoms with Gasteiger partial charge in [0.05, 0.1) is 12.7 Å². The molecule has 1 unspecified atom stereocenters. The van der Waals surface area contributed by atoms with Gasteiger partial charge >= 0.3 is 0 Å². The van der Waals surface area contributed by atoms with Gasteiger partial charge in [0, 0.05) is 17.5 Å². The van der Waals surface area contributed by atoms with Crippen molar-refractivity contribution in [1.29, 1.82) is 0 Å². The lowest BCUT2D eigenvalue weighted by atomic mass is 9.70. The van der Waals surface area contributed by atoms with Gasteiger partial charge in [-0.25, -0.2) is 0 Å². The Bertz CT molecular complexity index is 635. The Morgan fingerprint density at radius 3 is 2.30 bits per heavy atom. The Balaban J connectivity index is 1.83. The minimum Gasteiger partial charge on any atom is -0.374 e. The van der Waals surface area contributed by atoms with E-state index in [0.717, 1.165) is 0 Å². The maximum absolute atomic E-state index is 12.8. The largest absolute Gasteiger partial charge is 0.374 e. The van der Waals surface area contributed by atoms with Gasteiger partial charge in [0.25, 0.3) is 0 Å². The lowest BCUT2D eigenvalue weighted by Crippen LogP contribution is -2.53. The Morgan fingerprint density at radius 2 is 1.70 bits per heavy atom. The number of ether oxygens (including phenoxy) is 2. The molecule has 104 valence electrons. The highest BCUT2D eigenvalue weighted by atomic mass is 16.7. The summed E-state index contributed by atoms with van der Waals surface area (Å²) in [5, 5.41) is 0. The van der Waals surface area contributed by atoms with Gasteiger partial charge in [-0.05, 0) is 5.92 Å². The van der Waals surface area contributed by atoms with E-state index in [4.69, 9.17) is 9.47 Å². The molecule has 2 fully saturated rings. The third kappa shape index (κ3) is 1.20. The van der Waals surface area contributed by atoms with E-state index in [0.29, 0.717) is 23.5 Å². The fraction of sp³-hybridized carbons (Fsp3) is 0.500. The first-order valence-electron chi connectivity index (χ1n) is 7.02. The van der Waals surface area contributed by atoms with Crippen LogP contribution in [0.25, 0.3) is 0 Å². The fourth-order valence-electron chi connectivity index (χ4n) is 3.55. The van der Waals surface area contributed by atoms with Crippen LogP contribution in [0.15, 0.2) is 24.3 Å². The molecule has 0 amide bonds. The summed E-state index contributed by atoms with van der Waals surface area (Å²) in [7, 11) is 0. The number of hydrogen-bond acceptors (Lipinski definition) is 4. The van der Waals surface area contributed by atoms with Crippen molar-refractivity contribution in [2.75, 3.05) is 6.61 Å². The van der Waals surface area contributed by atoms with E-state index in [2.05, 4.69) is 13.8 Å². The molecular weight excluding hydrogens is 256 g/mol. The number of fused-ring (bicyclic) bond motifs is 1. The van der Waals surface area contributed by atoms with Crippen molar-refractivity contribution >= 4 is 11.6 Å². The van der Waals surface area contributed by atoms with Crippen LogP contribution in [0.5, 0.6) is 0 Å². The van der Waals surface area contributed by atoms with Crippen molar-refractivity contribution < 1.29 is 19.1 Å².